The van der Waals surface area contributed by atoms with Crippen LogP contribution in [0.4, 0.5) is 10.4 Å². The predicted molar refractivity (Wildman–Crippen MR) is 78.5 cm³/mol. The van der Waals surface area contributed by atoms with Crippen molar-refractivity contribution in [1.29, 1.82) is 0 Å². The van der Waals surface area contributed by atoms with Gasteiger partial charge < -0.3 is 14.6 Å². The zero-order valence-electron chi connectivity index (χ0n) is 12.3. The average molecular weight is 304 g/mol. The Morgan fingerprint density at radius 3 is 2.86 bits per heavy atom. The summed E-state index contributed by atoms with van der Waals surface area (Å²) in [5, 5.41) is 10.5. The molecule has 0 saturated carbocycles. The fraction of sp³-hybridized carbons (Fsp3) is 0.400. The molecule has 116 valence electrons. The first kappa shape index (κ1) is 14.5. The summed E-state index contributed by atoms with van der Waals surface area (Å²) in [6.07, 6.45) is 1.04. The molecule has 6 nitrogen and oxygen atoms in total. The van der Waals surface area contributed by atoms with Crippen molar-refractivity contribution in [2.45, 2.75) is 13.3 Å². The number of aromatic nitrogens is 2. The van der Waals surface area contributed by atoms with E-state index in [0.717, 1.165) is 19.5 Å². The zero-order valence-corrected chi connectivity index (χ0v) is 12.3. The number of hydrogen-bond donors (Lipinski definition) is 1. The number of hydrogen-bond acceptors (Lipinski definition) is 5. The van der Waals surface area contributed by atoms with Gasteiger partial charge in [0, 0.05) is 18.7 Å². The maximum Gasteiger partial charge on any atom is 0.316 e. The summed E-state index contributed by atoms with van der Waals surface area (Å²) in [4.78, 5) is 13.8. The molecule has 2 aromatic rings. The lowest BCUT2D eigenvalue weighted by molar-refractivity contribution is -0.128. The molecule has 22 heavy (non-hydrogen) atoms. The molecule has 1 aromatic heterocycles. The molecule has 1 N–H and O–H groups in total. The Morgan fingerprint density at radius 1 is 1.41 bits per heavy atom. The molecule has 1 aliphatic rings. The van der Waals surface area contributed by atoms with E-state index in [1.54, 1.807) is 12.1 Å². The summed E-state index contributed by atoms with van der Waals surface area (Å²) >= 11 is 0. The quantitative estimate of drug-likeness (QED) is 0.937. The topological polar surface area (TPSA) is 71.3 Å². The lowest BCUT2D eigenvalue weighted by Gasteiger charge is -2.15. The number of rotatable bonds is 4. The molecule has 1 atom stereocenters. The van der Waals surface area contributed by atoms with Crippen LogP contribution in [0.25, 0.3) is 11.5 Å². The summed E-state index contributed by atoms with van der Waals surface area (Å²) in [5.41, 5.74) is 0.627. The molecule has 3 rings (SSSR count). The lowest BCUT2D eigenvalue weighted by Crippen LogP contribution is -2.33. The number of carbonyl (C=O) groups excluding carboxylic acids is 1. The second-order valence-corrected chi connectivity index (χ2v) is 5.51. The number of nitrogens with one attached hydrogen (secondary N) is 1. The van der Waals surface area contributed by atoms with Crippen molar-refractivity contribution in [3.8, 4) is 11.5 Å². The highest BCUT2D eigenvalue weighted by Crippen LogP contribution is 2.20. The van der Waals surface area contributed by atoms with Gasteiger partial charge in [-0.1, -0.05) is 12.0 Å². The highest BCUT2D eigenvalue weighted by molar-refractivity contribution is 5.80. The Bertz CT molecular complexity index is 656. The Balaban J connectivity index is 1.58. The van der Waals surface area contributed by atoms with Crippen molar-refractivity contribution in [3.63, 3.8) is 0 Å². The van der Waals surface area contributed by atoms with Gasteiger partial charge in [0.1, 0.15) is 5.82 Å². The monoisotopic (exact) mass is 304 g/mol. The number of nitrogens with zero attached hydrogens (tertiary/aromatic N) is 3. The van der Waals surface area contributed by atoms with Gasteiger partial charge in [-0.15, -0.1) is 5.10 Å². The highest BCUT2D eigenvalue weighted by Gasteiger charge is 2.23. The molecule has 1 aliphatic heterocycles. The molecule has 2 heterocycles. The van der Waals surface area contributed by atoms with Crippen LogP contribution in [-0.4, -0.2) is 40.6 Å². The third kappa shape index (κ3) is 3.24. The van der Waals surface area contributed by atoms with Crippen LogP contribution in [0.5, 0.6) is 0 Å². The fourth-order valence-corrected chi connectivity index (χ4v) is 2.43. The van der Waals surface area contributed by atoms with Crippen LogP contribution in [-0.2, 0) is 4.79 Å². The SMILES string of the molecule is CC1CCN(C(=O)CNc2nnc(-c3ccc(F)cc3)o2)C1. The first-order valence-electron chi connectivity index (χ1n) is 7.23. The zero-order chi connectivity index (χ0) is 15.5. The third-order valence-corrected chi connectivity index (χ3v) is 3.68. The molecule has 0 aliphatic carbocycles. The Kier molecular flexibility index (Phi) is 4.04. The largest absolute Gasteiger partial charge is 0.403 e. The van der Waals surface area contributed by atoms with Gasteiger partial charge in [-0.3, -0.25) is 4.79 Å². The van der Waals surface area contributed by atoms with Crippen molar-refractivity contribution < 1.29 is 13.6 Å². The summed E-state index contributed by atoms with van der Waals surface area (Å²) in [7, 11) is 0. The number of amides is 1. The second kappa shape index (κ2) is 6.13. The van der Waals surface area contributed by atoms with E-state index in [-0.39, 0.29) is 30.2 Å². The number of carbonyl (C=O) groups is 1. The molecule has 7 heteroatoms. The highest BCUT2D eigenvalue weighted by atomic mass is 19.1. The van der Waals surface area contributed by atoms with Crippen molar-refractivity contribution in [1.82, 2.24) is 15.1 Å². The molecule has 1 fully saturated rings. The van der Waals surface area contributed by atoms with E-state index in [1.807, 2.05) is 4.90 Å². The van der Waals surface area contributed by atoms with E-state index >= 15 is 0 Å². The summed E-state index contributed by atoms with van der Waals surface area (Å²) in [6.45, 7) is 3.85. The van der Waals surface area contributed by atoms with Crippen LogP contribution in [0.3, 0.4) is 0 Å². The minimum absolute atomic E-state index is 0.0193. The van der Waals surface area contributed by atoms with Crippen LogP contribution in [0, 0.1) is 11.7 Å². The van der Waals surface area contributed by atoms with Crippen molar-refractivity contribution >= 4 is 11.9 Å². The summed E-state index contributed by atoms with van der Waals surface area (Å²) in [6, 6.07) is 5.95. The maximum atomic E-state index is 12.9. The number of halogens is 1. The smallest absolute Gasteiger partial charge is 0.316 e. The molecular formula is C15H17FN4O2. The number of likely N-dealkylation sites (tertiary alicyclic amines) is 1. The van der Waals surface area contributed by atoms with Gasteiger partial charge in [-0.05, 0) is 36.6 Å². The van der Waals surface area contributed by atoms with Crippen molar-refractivity contribution in [3.05, 3.63) is 30.1 Å². The molecule has 0 bridgehead atoms. The fourth-order valence-electron chi connectivity index (χ4n) is 2.43. The normalized spacial score (nSPS) is 17.7. The Morgan fingerprint density at radius 2 is 2.18 bits per heavy atom. The van der Waals surface area contributed by atoms with Crippen LogP contribution in [0.2, 0.25) is 0 Å². The van der Waals surface area contributed by atoms with Crippen LogP contribution >= 0.6 is 0 Å². The molecular weight excluding hydrogens is 287 g/mol. The van der Waals surface area contributed by atoms with E-state index < -0.39 is 0 Å². The van der Waals surface area contributed by atoms with E-state index in [4.69, 9.17) is 4.42 Å². The van der Waals surface area contributed by atoms with Gasteiger partial charge in [0.25, 0.3) is 0 Å². The van der Waals surface area contributed by atoms with Gasteiger partial charge in [-0.2, -0.15) is 0 Å². The molecule has 0 radical (unpaired) electrons. The second-order valence-electron chi connectivity index (χ2n) is 5.51. The van der Waals surface area contributed by atoms with Gasteiger partial charge in [0.15, 0.2) is 0 Å². The molecule has 1 aromatic carbocycles. The minimum Gasteiger partial charge on any atom is -0.403 e. The van der Waals surface area contributed by atoms with Crippen LogP contribution < -0.4 is 5.32 Å². The van der Waals surface area contributed by atoms with Gasteiger partial charge >= 0.3 is 6.01 Å². The summed E-state index contributed by atoms with van der Waals surface area (Å²) in [5.74, 6) is 0.528. The third-order valence-electron chi connectivity index (χ3n) is 3.68. The molecule has 1 unspecified atom stereocenters. The minimum atomic E-state index is -0.327. The number of benzene rings is 1. The van der Waals surface area contributed by atoms with Crippen LogP contribution in [0.1, 0.15) is 13.3 Å². The van der Waals surface area contributed by atoms with Gasteiger partial charge in [0.2, 0.25) is 11.8 Å². The van der Waals surface area contributed by atoms with E-state index in [1.165, 1.54) is 12.1 Å². The average Bonchev–Trinajstić information content (AvgIpc) is 3.15. The van der Waals surface area contributed by atoms with E-state index in [9.17, 15) is 9.18 Å². The first-order valence-corrected chi connectivity index (χ1v) is 7.23. The van der Waals surface area contributed by atoms with Crippen molar-refractivity contribution in [2.75, 3.05) is 25.0 Å². The predicted octanol–water partition coefficient (Wildman–Crippen LogP) is 2.16. The maximum absolute atomic E-state index is 12.9. The van der Waals surface area contributed by atoms with Gasteiger partial charge in [0.05, 0.1) is 6.54 Å². The van der Waals surface area contributed by atoms with E-state index in [2.05, 4.69) is 22.4 Å². The number of anilines is 1. The molecule has 1 amide bonds. The lowest BCUT2D eigenvalue weighted by atomic mass is 10.2. The summed E-state index contributed by atoms with van der Waals surface area (Å²) < 4.78 is 18.3. The Hall–Kier alpha value is -2.44. The van der Waals surface area contributed by atoms with Crippen LogP contribution in [0.15, 0.2) is 28.7 Å². The molecule has 0 spiro atoms. The standard InChI is InChI=1S/C15H17FN4O2/c1-10-6-7-20(9-10)13(21)8-17-15-19-18-14(22-15)11-2-4-12(16)5-3-11/h2-5,10H,6-9H2,1H3,(H,17,19). The first-order chi connectivity index (χ1) is 10.6. The molecule has 1 saturated heterocycles. The Labute approximate surface area is 127 Å². The van der Waals surface area contributed by atoms with Gasteiger partial charge in [-0.25, -0.2) is 4.39 Å². The van der Waals surface area contributed by atoms with Crippen molar-refractivity contribution in [2.24, 2.45) is 5.92 Å². The van der Waals surface area contributed by atoms with E-state index in [0.29, 0.717) is 11.5 Å².